The maximum absolute atomic E-state index is 6.02. The van der Waals surface area contributed by atoms with Gasteiger partial charge in [0.05, 0.1) is 5.02 Å². The van der Waals surface area contributed by atoms with Gasteiger partial charge in [0.1, 0.15) is 11.9 Å². The number of halogens is 2. The summed E-state index contributed by atoms with van der Waals surface area (Å²) in [6.07, 6.45) is 8.20. The number of hydrogen-bond acceptors (Lipinski definition) is 4. The predicted octanol–water partition coefficient (Wildman–Crippen LogP) is 5.84. The van der Waals surface area contributed by atoms with E-state index in [4.69, 9.17) is 50.5 Å². The van der Waals surface area contributed by atoms with Gasteiger partial charge in [-0.3, -0.25) is 0 Å². The van der Waals surface area contributed by atoms with Crippen LogP contribution in [0.25, 0.3) is 0 Å². The largest absolute Gasteiger partial charge is 0.426 e. The zero-order valence-electron chi connectivity index (χ0n) is 9.56. The Hall–Kier alpha value is -0.0400. The van der Waals surface area contributed by atoms with Gasteiger partial charge in [-0.15, -0.1) is 0 Å². The van der Waals surface area contributed by atoms with E-state index in [0.29, 0.717) is 15.8 Å². The molecule has 0 aliphatic rings. The Kier molecular flexibility index (Phi) is 6.70. The summed E-state index contributed by atoms with van der Waals surface area (Å²) in [7, 11) is 0. The summed E-state index contributed by atoms with van der Waals surface area (Å²) in [5.41, 5.74) is -2.61. The van der Waals surface area contributed by atoms with Crippen LogP contribution in [0.15, 0.2) is 18.2 Å². The summed E-state index contributed by atoms with van der Waals surface area (Å²) in [4.78, 5) is 0. The summed E-state index contributed by atoms with van der Waals surface area (Å²) >= 11 is 18.6. The van der Waals surface area contributed by atoms with Crippen molar-refractivity contribution in [2.75, 3.05) is 5.75 Å². The average molecular weight is 345 g/mol. The first-order chi connectivity index (χ1) is 8.50. The maximum atomic E-state index is 6.02. The molecule has 0 fully saturated rings. The molecule has 0 saturated carbocycles. The van der Waals surface area contributed by atoms with Crippen LogP contribution in [0.2, 0.25) is 10.0 Å². The monoisotopic (exact) mass is 344 g/mol. The van der Waals surface area contributed by atoms with E-state index in [1.54, 1.807) is 18.2 Å². The molecule has 0 bridgehead atoms. The Labute approximate surface area is 129 Å². The molecule has 0 aromatic heterocycles. The molecule has 1 aromatic carbocycles. The molecular formula is C11H15Cl2O2PS2. The Bertz CT molecular complexity index is 512. The molecule has 1 rings (SSSR count). The van der Waals surface area contributed by atoms with Crippen LogP contribution >= 0.6 is 40.3 Å². The molecule has 0 amide bonds. The molecule has 7 heteroatoms. The molecule has 1 atom stereocenters. The Balaban J connectivity index is 0. The number of rotatable bonds is 6. The standard InChI is InChI=1S/C11H11Cl2O2PS2.2H2/c1-3-7-18-16(17,14-4-2)15-11-6-5-9(12)8-10(11)13;;/h2,5-6,8H,3,7H2,1H3;2*1H. The average Bonchev–Trinajstić information content (AvgIpc) is 2.31. The number of terminal acetylenes is 1. The molecule has 1 unspecified atom stereocenters. The SMILES string of the molecule is C#COP(=S)(Oc1ccc(Cl)cc1Cl)SCCC.[HH].[HH]. The van der Waals surface area contributed by atoms with Gasteiger partial charge in [0.25, 0.3) is 0 Å². The lowest BCUT2D eigenvalue weighted by Crippen LogP contribution is -1.93. The molecule has 102 valence electrons. The normalized spacial score (nSPS) is 13.4. The van der Waals surface area contributed by atoms with Crippen molar-refractivity contribution >= 4 is 52.1 Å². The van der Waals surface area contributed by atoms with Gasteiger partial charge < -0.3 is 9.05 Å². The minimum Gasteiger partial charge on any atom is -0.426 e. The van der Waals surface area contributed by atoms with Crippen LogP contribution < -0.4 is 4.52 Å². The van der Waals surface area contributed by atoms with E-state index in [1.165, 1.54) is 11.4 Å². The Morgan fingerprint density at radius 3 is 2.83 bits per heavy atom. The highest BCUT2D eigenvalue weighted by molar-refractivity contribution is 8.68. The van der Waals surface area contributed by atoms with E-state index in [2.05, 4.69) is 6.11 Å². The van der Waals surface area contributed by atoms with Crippen LogP contribution in [0.5, 0.6) is 5.75 Å². The third-order valence-electron chi connectivity index (χ3n) is 1.72. The fourth-order valence-electron chi connectivity index (χ4n) is 1.01. The second kappa shape index (κ2) is 7.53. The smallest absolute Gasteiger partial charge is 0.357 e. The highest BCUT2D eigenvalue weighted by Crippen LogP contribution is 2.61. The Morgan fingerprint density at radius 1 is 1.56 bits per heavy atom. The lowest BCUT2D eigenvalue weighted by atomic mass is 10.3. The lowest BCUT2D eigenvalue weighted by Gasteiger charge is -2.19. The molecule has 2 nitrogen and oxygen atoms in total. The van der Waals surface area contributed by atoms with E-state index in [-0.39, 0.29) is 2.85 Å². The second-order valence-corrected chi connectivity index (χ2v) is 10.3. The van der Waals surface area contributed by atoms with Crippen LogP contribution in [0, 0.1) is 12.5 Å². The molecule has 0 N–H and O–H groups in total. The van der Waals surface area contributed by atoms with Crippen molar-refractivity contribution in [3.05, 3.63) is 28.2 Å². The molecule has 0 saturated heterocycles. The van der Waals surface area contributed by atoms with Crippen LogP contribution in [0.3, 0.4) is 0 Å². The fourth-order valence-corrected chi connectivity index (χ4v) is 5.53. The van der Waals surface area contributed by atoms with Crippen molar-refractivity contribution in [2.45, 2.75) is 13.3 Å². The van der Waals surface area contributed by atoms with Gasteiger partial charge >= 0.3 is 5.69 Å². The van der Waals surface area contributed by atoms with Crippen molar-refractivity contribution in [3.8, 4) is 18.3 Å². The van der Waals surface area contributed by atoms with Crippen molar-refractivity contribution < 1.29 is 11.9 Å². The lowest BCUT2D eigenvalue weighted by molar-refractivity contribution is 0.484. The van der Waals surface area contributed by atoms with Crippen LogP contribution in [-0.2, 0) is 16.3 Å². The fraction of sp³-hybridized carbons (Fsp3) is 0.273. The van der Waals surface area contributed by atoms with Gasteiger partial charge in [0.15, 0.2) is 0 Å². The summed E-state index contributed by atoms with van der Waals surface area (Å²) in [5, 5.41) is 0.911. The van der Waals surface area contributed by atoms with Crippen molar-refractivity contribution in [3.63, 3.8) is 0 Å². The van der Waals surface area contributed by atoms with Gasteiger partial charge in [-0.25, -0.2) is 0 Å². The van der Waals surface area contributed by atoms with Crippen LogP contribution in [0.4, 0.5) is 0 Å². The van der Waals surface area contributed by atoms with E-state index >= 15 is 0 Å². The zero-order chi connectivity index (χ0) is 13.6. The topological polar surface area (TPSA) is 18.5 Å². The molecule has 0 radical (unpaired) electrons. The summed E-state index contributed by atoms with van der Waals surface area (Å²) in [6, 6.07) is 4.90. The molecule has 18 heavy (non-hydrogen) atoms. The third kappa shape index (κ3) is 4.91. The number of benzene rings is 1. The molecule has 0 aliphatic carbocycles. The van der Waals surface area contributed by atoms with Gasteiger partial charge in [0.2, 0.25) is 0 Å². The van der Waals surface area contributed by atoms with Gasteiger partial charge in [0, 0.05) is 25.4 Å². The first kappa shape index (κ1) is 16.0. The highest BCUT2D eigenvalue weighted by Gasteiger charge is 2.23. The maximum Gasteiger partial charge on any atom is 0.357 e. The summed E-state index contributed by atoms with van der Waals surface area (Å²) < 4.78 is 10.8. The van der Waals surface area contributed by atoms with Crippen LogP contribution in [-0.4, -0.2) is 5.75 Å². The zero-order valence-corrected chi connectivity index (χ0v) is 13.6. The van der Waals surface area contributed by atoms with E-state index in [9.17, 15) is 0 Å². The van der Waals surface area contributed by atoms with E-state index < -0.39 is 5.69 Å². The molecule has 1 aromatic rings. The van der Waals surface area contributed by atoms with Gasteiger partial charge in [-0.05, 0) is 36.0 Å². The minimum atomic E-state index is -2.61. The van der Waals surface area contributed by atoms with E-state index in [0.717, 1.165) is 12.2 Å². The van der Waals surface area contributed by atoms with Crippen LogP contribution in [0.1, 0.15) is 16.2 Å². The van der Waals surface area contributed by atoms with Gasteiger partial charge in [-0.2, -0.15) is 0 Å². The molecule has 0 spiro atoms. The molecular weight excluding hydrogens is 330 g/mol. The highest BCUT2D eigenvalue weighted by atomic mass is 35.5. The second-order valence-electron chi connectivity index (χ2n) is 3.16. The molecule has 0 heterocycles. The number of hydrogen-bond donors (Lipinski definition) is 0. The first-order valence-corrected chi connectivity index (χ1v) is 10.0. The first-order valence-electron chi connectivity index (χ1n) is 5.04. The summed E-state index contributed by atoms with van der Waals surface area (Å²) in [5.74, 6) is 1.24. The molecule has 0 aliphatic heterocycles. The van der Waals surface area contributed by atoms with E-state index in [1.807, 2.05) is 6.92 Å². The van der Waals surface area contributed by atoms with Gasteiger partial charge in [-0.1, -0.05) is 36.5 Å². The minimum absolute atomic E-state index is 0. The van der Waals surface area contributed by atoms with Crippen molar-refractivity contribution in [1.82, 2.24) is 0 Å². The van der Waals surface area contributed by atoms with Crippen molar-refractivity contribution in [1.29, 1.82) is 0 Å². The summed E-state index contributed by atoms with van der Waals surface area (Å²) in [6.45, 7) is 2.04. The predicted molar refractivity (Wildman–Crippen MR) is 88.3 cm³/mol. The quantitative estimate of drug-likeness (QED) is 0.476. The van der Waals surface area contributed by atoms with Crippen molar-refractivity contribution in [2.24, 2.45) is 0 Å². The third-order valence-corrected chi connectivity index (χ3v) is 7.25. The Morgan fingerprint density at radius 2 is 2.28 bits per heavy atom.